The fourth-order valence-electron chi connectivity index (χ4n) is 3.70. The number of likely N-dealkylation sites (N-methyl/N-ethyl adjacent to an activating group) is 1. The average molecular weight is 489 g/mol. The lowest BCUT2D eigenvalue weighted by atomic mass is 10.2. The zero-order valence-corrected chi connectivity index (χ0v) is 20.4. The maximum atomic E-state index is 13.5. The molecule has 0 atom stereocenters. The zero-order chi connectivity index (χ0) is 23.8. The molecule has 0 fully saturated rings. The number of aryl methyl sites for hydroxylation is 1. The van der Waals surface area contributed by atoms with Crippen LogP contribution in [-0.2, 0) is 16.6 Å². The summed E-state index contributed by atoms with van der Waals surface area (Å²) in [6.45, 7) is 3.47. The van der Waals surface area contributed by atoms with Crippen molar-refractivity contribution in [2.75, 3.05) is 34.3 Å². The van der Waals surface area contributed by atoms with Crippen LogP contribution in [0.2, 0.25) is 5.02 Å². The summed E-state index contributed by atoms with van der Waals surface area (Å²) in [5, 5.41) is 12.2. The SMILES string of the molecule is COc1cc(-c2c(Cl)ccn2S(=O)(=O)c2ccc(C)cc2)n(CCN(C)C)c1C1=NN=NC1. The van der Waals surface area contributed by atoms with E-state index < -0.39 is 10.0 Å². The number of hydrogen-bond acceptors (Lipinski definition) is 7. The summed E-state index contributed by atoms with van der Waals surface area (Å²) in [6.07, 6.45) is 1.47. The second-order valence-electron chi connectivity index (χ2n) is 7.96. The molecule has 11 heteroatoms. The van der Waals surface area contributed by atoms with Crippen molar-refractivity contribution in [2.24, 2.45) is 15.4 Å². The highest BCUT2D eigenvalue weighted by molar-refractivity contribution is 7.90. The van der Waals surface area contributed by atoms with E-state index >= 15 is 0 Å². The Labute approximate surface area is 198 Å². The second-order valence-corrected chi connectivity index (χ2v) is 10.2. The molecule has 3 heterocycles. The summed E-state index contributed by atoms with van der Waals surface area (Å²) in [4.78, 5) is 2.22. The lowest BCUT2D eigenvalue weighted by Gasteiger charge is -2.18. The Bertz CT molecular complexity index is 1340. The third kappa shape index (κ3) is 4.33. The van der Waals surface area contributed by atoms with Crippen LogP contribution in [0.3, 0.4) is 0 Å². The van der Waals surface area contributed by atoms with Crippen LogP contribution in [0.1, 0.15) is 11.3 Å². The molecule has 33 heavy (non-hydrogen) atoms. The smallest absolute Gasteiger partial charge is 0.268 e. The van der Waals surface area contributed by atoms with E-state index in [1.165, 1.54) is 10.2 Å². The van der Waals surface area contributed by atoms with E-state index in [4.69, 9.17) is 16.3 Å². The highest BCUT2D eigenvalue weighted by atomic mass is 35.5. The average Bonchev–Trinajstić information content (AvgIpc) is 3.50. The van der Waals surface area contributed by atoms with Crippen LogP contribution in [0.5, 0.6) is 5.75 Å². The predicted octanol–water partition coefficient (Wildman–Crippen LogP) is 3.90. The molecule has 0 bridgehead atoms. The van der Waals surface area contributed by atoms with Gasteiger partial charge in [0.1, 0.15) is 23.7 Å². The van der Waals surface area contributed by atoms with Crippen LogP contribution in [0.25, 0.3) is 11.4 Å². The topological polar surface area (TPSA) is 93.5 Å². The molecule has 0 unspecified atom stereocenters. The predicted molar refractivity (Wildman–Crippen MR) is 128 cm³/mol. The van der Waals surface area contributed by atoms with Crippen LogP contribution in [0, 0.1) is 6.92 Å². The van der Waals surface area contributed by atoms with Gasteiger partial charge in [-0.15, -0.1) is 5.10 Å². The maximum absolute atomic E-state index is 13.5. The van der Waals surface area contributed by atoms with Gasteiger partial charge in [-0.3, -0.25) is 0 Å². The number of aromatic nitrogens is 2. The Morgan fingerprint density at radius 2 is 1.88 bits per heavy atom. The third-order valence-electron chi connectivity index (χ3n) is 5.40. The first-order chi connectivity index (χ1) is 15.7. The minimum Gasteiger partial charge on any atom is -0.494 e. The quantitative estimate of drug-likeness (QED) is 0.480. The van der Waals surface area contributed by atoms with Crippen molar-refractivity contribution in [1.82, 2.24) is 13.4 Å². The van der Waals surface area contributed by atoms with Gasteiger partial charge in [-0.1, -0.05) is 29.3 Å². The summed E-state index contributed by atoms with van der Waals surface area (Å²) in [5.41, 5.74) is 3.28. The Hall–Kier alpha value is -2.95. The fourth-order valence-corrected chi connectivity index (χ4v) is 5.35. The first-order valence-corrected chi connectivity index (χ1v) is 12.1. The summed E-state index contributed by atoms with van der Waals surface area (Å²) in [6, 6.07) is 10.1. The van der Waals surface area contributed by atoms with E-state index in [0.717, 1.165) is 5.56 Å². The van der Waals surface area contributed by atoms with Crippen molar-refractivity contribution >= 4 is 27.3 Å². The molecular formula is C22H25ClN6O3S. The molecule has 0 amide bonds. The van der Waals surface area contributed by atoms with Crippen molar-refractivity contribution in [3.05, 3.63) is 58.9 Å². The van der Waals surface area contributed by atoms with Gasteiger partial charge in [0.25, 0.3) is 10.0 Å². The molecular weight excluding hydrogens is 464 g/mol. The molecule has 174 valence electrons. The number of ether oxygens (including phenoxy) is 1. The number of nitrogens with zero attached hydrogens (tertiary/aromatic N) is 6. The fraction of sp³-hybridized carbons (Fsp3) is 0.318. The van der Waals surface area contributed by atoms with Gasteiger partial charge in [0.2, 0.25) is 0 Å². The van der Waals surface area contributed by atoms with Gasteiger partial charge in [-0.2, -0.15) is 5.11 Å². The largest absolute Gasteiger partial charge is 0.494 e. The summed E-state index contributed by atoms with van der Waals surface area (Å²) >= 11 is 6.58. The molecule has 2 aromatic heterocycles. The number of benzene rings is 1. The van der Waals surface area contributed by atoms with E-state index in [-0.39, 0.29) is 4.90 Å². The van der Waals surface area contributed by atoms with E-state index in [1.54, 1.807) is 43.5 Å². The van der Waals surface area contributed by atoms with Gasteiger partial charge in [-0.05, 0) is 44.4 Å². The van der Waals surface area contributed by atoms with Crippen LogP contribution >= 0.6 is 11.6 Å². The van der Waals surface area contributed by atoms with Gasteiger partial charge >= 0.3 is 0 Å². The van der Waals surface area contributed by atoms with Crippen LogP contribution in [-0.4, -0.2) is 61.9 Å². The van der Waals surface area contributed by atoms with E-state index in [2.05, 4.69) is 15.4 Å². The number of halogens is 1. The minimum atomic E-state index is -3.89. The van der Waals surface area contributed by atoms with Gasteiger partial charge in [0, 0.05) is 25.4 Å². The Balaban J connectivity index is 1.93. The van der Waals surface area contributed by atoms with Crippen molar-refractivity contribution in [2.45, 2.75) is 18.4 Å². The highest BCUT2D eigenvalue weighted by Gasteiger charge is 2.29. The van der Waals surface area contributed by atoms with Crippen molar-refractivity contribution < 1.29 is 13.2 Å². The summed E-state index contributed by atoms with van der Waals surface area (Å²) < 4.78 is 35.9. The van der Waals surface area contributed by atoms with Crippen molar-refractivity contribution in [1.29, 1.82) is 0 Å². The van der Waals surface area contributed by atoms with E-state index in [1.807, 2.05) is 30.5 Å². The molecule has 1 aromatic carbocycles. The second kappa shape index (κ2) is 9.12. The van der Waals surface area contributed by atoms with E-state index in [9.17, 15) is 8.42 Å². The number of methoxy groups -OCH3 is 1. The molecule has 0 spiro atoms. The Morgan fingerprint density at radius 1 is 1.15 bits per heavy atom. The molecule has 0 saturated heterocycles. The van der Waals surface area contributed by atoms with Crippen LogP contribution < -0.4 is 4.74 Å². The molecule has 1 aliphatic rings. The number of rotatable bonds is 8. The van der Waals surface area contributed by atoms with Gasteiger partial charge < -0.3 is 14.2 Å². The molecule has 0 N–H and O–H groups in total. The monoisotopic (exact) mass is 488 g/mol. The van der Waals surface area contributed by atoms with Gasteiger partial charge in [-0.25, -0.2) is 12.4 Å². The normalized spacial score (nSPS) is 13.7. The molecule has 0 saturated carbocycles. The standard InChI is InChI=1S/C22H25ClN6O3S/c1-15-5-7-16(8-6-15)33(30,31)29-10-9-17(23)21(29)19-13-20(32-4)22(18-14-24-26-25-18)28(19)12-11-27(2)3/h5-10,13H,11-12,14H2,1-4H3. The lowest BCUT2D eigenvalue weighted by molar-refractivity contribution is 0.381. The molecule has 0 radical (unpaired) electrons. The third-order valence-corrected chi connectivity index (χ3v) is 7.39. The Morgan fingerprint density at radius 3 is 2.48 bits per heavy atom. The van der Waals surface area contributed by atoms with Crippen LogP contribution in [0.4, 0.5) is 0 Å². The van der Waals surface area contributed by atoms with Gasteiger partial charge in [0.05, 0.1) is 28.4 Å². The molecule has 1 aliphatic heterocycles. The van der Waals surface area contributed by atoms with Crippen LogP contribution in [0.15, 0.2) is 62.9 Å². The maximum Gasteiger partial charge on any atom is 0.268 e. The molecule has 3 aromatic rings. The molecule has 0 aliphatic carbocycles. The van der Waals surface area contributed by atoms with Crippen molar-refractivity contribution in [3.63, 3.8) is 0 Å². The lowest BCUT2D eigenvalue weighted by Crippen LogP contribution is -2.22. The summed E-state index contributed by atoms with van der Waals surface area (Å²) in [7, 11) is 1.61. The van der Waals surface area contributed by atoms with Gasteiger partial charge in [0.15, 0.2) is 0 Å². The zero-order valence-electron chi connectivity index (χ0n) is 18.9. The highest BCUT2D eigenvalue weighted by Crippen LogP contribution is 2.38. The molecule has 4 rings (SSSR count). The minimum absolute atomic E-state index is 0.179. The first kappa shape index (κ1) is 23.2. The molecule has 9 nitrogen and oxygen atoms in total. The Kier molecular flexibility index (Phi) is 6.42. The van der Waals surface area contributed by atoms with Crippen molar-refractivity contribution in [3.8, 4) is 17.1 Å². The first-order valence-electron chi connectivity index (χ1n) is 10.3. The number of hydrogen-bond donors (Lipinski definition) is 0. The summed E-state index contributed by atoms with van der Waals surface area (Å²) in [5.74, 6) is 0.548. The van der Waals surface area contributed by atoms with E-state index in [0.29, 0.717) is 53.2 Å².